The average molecular weight is 278 g/mol. The quantitative estimate of drug-likeness (QED) is 0.856. The maximum absolute atomic E-state index is 13.7. The Kier molecular flexibility index (Phi) is 4.28. The minimum Gasteiger partial charge on any atom is -0.394 e. The molecule has 1 aromatic carbocycles. The van der Waals surface area contributed by atoms with E-state index in [0.717, 1.165) is 16.4 Å². The summed E-state index contributed by atoms with van der Waals surface area (Å²) < 4.78 is 52.0. The SMILES string of the molecule is CCC(C)N(C)S(=O)(=O)c1ccc(F)c(N)c1F. The van der Waals surface area contributed by atoms with E-state index < -0.39 is 32.2 Å². The number of rotatable bonds is 4. The number of hydrogen-bond acceptors (Lipinski definition) is 3. The highest BCUT2D eigenvalue weighted by Gasteiger charge is 2.29. The first-order chi connectivity index (χ1) is 8.23. The zero-order valence-corrected chi connectivity index (χ0v) is 11.3. The van der Waals surface area contributed by atoms with E-state index in [2.05, 4.69) is 0 Å². The third-order valence-corrected chi connectivity index (χ3v) is 4.95. The first-order valence-corrected chi connectivity index (χ1v) is 6.89. The highest BCUT2D eigenvalue weighted by Crippen LogP contribution is 2.26. The maximum atomic E-state index is 13.7. The Morgan fingerprint density at radius 1 is 1.39 bits per heavy atom. The molecule has 0 radical (unpaired) electrons. The van der Waals surface area contributed by atoms with Crippen molar-refractivity contribution in [1.82, 2.24) is 4.31 Å². The summed E-state index contributed by atoms with van der Waals surface area (Å²) in [6, 6.07) is 1.44. The molecular weight excluding hydrogens is 262 g/mol. The third kappa shape index (κ3) is 2.46. The van der Waals surface area contributed by atoms with Crippen LogP contribution in [0.3, 0.4) is 0 Å². The number of nitrogen functional groups attached to an aromatic ring is 1. The van der Waals surface area contributed by atoms with Crippen molar-refractivity contribution in [1.29, 1.82) is 0 Å². The molecule has 0 bridgehead atoms. The molecular formula is C11H16F2N2O2S. The Balaban J connectivity index is 3.34. The van der Waals surface area contributed by atoms with Gasteiger partial charge in [-0.25, -0.2) is 17.2 Å². The van der Waals surface area contributed by atoms with Gasteiger partial charge in [-0.15, -0.1) is 0 Å². The Labute approximate surface area is 105 Å². The van der Waals surface area contributed by atoms with Gasteiger partial charge in [-0.3, -0.25) is 0 Å². The van der Waals surface area contributed by atoms with Crippen LogP contribution >= 0.6 is 0 Å². The molecule has 0 aliphatic rings. The van der Waals surface area contributed by atoms with Gasteiger partial charge in [-0.1, -0.05) is 6.92 Å². The van der Waals surface area contributed by atoms with Gasteiger partial charge >= 0.3 is 0 Å². The number of halogens is 2. The molecule has 4 nitrogen and oxygen atoms in total. The van der Waals surface area contributed by atoms with Crippen LogP contribution in [-0.4, -0.2) is 25.8 Å². The minimum atomic E-state index is -4.01. The molecule has 102 valence electrons. The molecule has 1 atom stereocenters. The molecule has 1 unspecified atom stereocenters. The summed E-state index contributed by atoms with van der Waals surface area (Å²) in [5, 5.41) is 0. The molecule has 0 saturated heterocycles. The summed E-state index contributed by atoms with van der Waals surface area (Å²) in [4.78, 5) is -0.607. The topological polar surface area (TPSA) is 63.4 Å². The van der Waals surface area contributed by atoms with Gasteiger partial charge in [-0.2, -0.15) is 4.31 Å². The third-order valence-electron chi connectivity index (χ3n) is 2.96. The largest absolute Gasteiger partial charge is 0.394 e. The van der Waals surface area contributed by atoms with Crippen molar-refractivity contribution in [2.75, 3.05) is 12.8 Å². The van der Waals surface area contributed by atoms with Crippen LogP contribution in [0.4, 0.5) is 14.5 Å². The van der Waals surface area contributed by atoms with Crippen LogP contribution in [0.1, 0.15) is 20.3 Å². The number of nitrogens with two attached hydrogens (primary N) is 1. The fourth-order valence-corrected chi connectivity index (χ4v) is 2.91. The highest BCUT2D eigenvalue weighted by molar-refractivity contribution is 7.89. The van der Waals surface area contributed by atoms with Crippen molar-refractivity contribution in [3.63, 3.8) is 0 Å². The summed E-state index contributed by atoms with van der Waals surface area (Å²) in [6.45, 7) is 3.51. The number of nitrogens with zero attached hydrogens (tertiary/aromatic N) is 1. The molecule has 1 rings (SSSR count). The van der Waals surface area contributed by atoms with E-state index in [1.54, 1.807) is 6.92 Å². The molecule has 0 spiro atoms. The van der Waals surface area contributed by atoms with Crippen LogP contribution < -0.4 is 5.73 Å². The predicted molar refractivity (Wildman–Crippen MR) is 65.5 cm³/mol. The van der Waals surface area contributed by atoms with Crippen LogP contribution in [0.25, 0.3) is 0 Å². The van der Waals surface area contributed by atoms with E-state index in [0.29, 0.717) is 6.42 Å². The van der Waals surface area contributed by atoms with Gasteiger partial charge in [0.05, 0.1) is 0 Å². The van der Waals surface area contributed by atoms with Crippen molar-refractivity contribution >= 4 is 15.7 Å². The van der Waals surface area contributed by atoms with Crippen LogP contribution in [0, 0.1) is 11.6 Å². The summed E-state index contributed by atoms with van der Waals surface area (Å²) in [6.07, 6.45) is 0.577. The monoisotopic (exact) mass is 278 g/mol. The first-order valence-electron chi connectivity index (χ1n) is 5.45. The highest BCUT2D eigenvalue weighted by atomic mass is 32.2. The Hall–Kier alpha value is -1.21. The number of hydrogen-bond donors (Lipinski definition) is 1. The standard InChI is InChI=1S/C11H16F2N2O2S/c1-4-7(2)15(3)18(16,17)9-6-5-8(12)11(14)10(9)13/h5-7H,4,14H2,1-3H3. The van der Waals surface area contributed by atoms with E-state index in [1.807, 2.05) is 6.92 Å². The fourth-order valence-electron chi connectivity index (χ4n) is 1.40. The molecule has 0 aliphatic carbocycles. The average Bonchev–Trinajstić information content (AvgIpc) is 2.33. The van der Waals surface area contributed by atoms with E-state index in [9.17, 15) is 17.2 Å². The smallest absolute Gasteiger partial charge is 0.246 e. The van der Waals surface area contributed by atoms with Crippen molar-refractivity contribution in [3.8, 4) is 0 Å². The van der Waals surface area contributed by atoms with Crippen LogP contribution in [0.2, 0.25) is 0 Å². The van der Waals surface area contributed by atoms with Gasteiger partial charge in [0, 0.05) is 13.1 Å². The zero-order chi connectivity index (χ0) is 14.1. The van der Waals surface area contributed by atoms with Crippen molar-refractivity contribution in [2.24, 2.45) is 0 Å². The number of sulfonamides is 1. The Morgan fingerprint density at radius 3 is 2.44 bits per heavy atom. The van der Waals surface area contributed by atoms with Gasteiger partial charge in [0.15, 0.2) is 5.82 Å². The van der Waals surface area contributed by atoms with Crippen LogP contribution in [0.5, 0.6) is 0 Å². The first kappa shape index (κ1) is 14.8. The normalized spacial score (nSPS) is 13.9. The van der Waals surface area contributed by atoms with E-state index in [4.69, 9.17) is 5.73 Å². The van der Waals surface area contributed by atoms with Crippen LogP contribution in [0.15, 0.2) is 17.0 Å². The predicted octanol–water partition coefficient (Wildman–Crippen LogP) is 1.97. The molecule has 0 heterocycles. The minimum absolute atomic E-state index is 0.291. The molecule has 0 aromatic heterocycles. The Morgan fingerprint density at radius 2 is 1.94 bits per heavy atom. The lowest BCUT2D eigenvalue weighted by Crippen LogP contribution is -2.35. The molecule has 0 saturated carbocycles. The number of benzene rings is 1. The zero-order valence-electron chi connectivity index (χ0n) is 10.4. The summed E-state index contributed by atoms with van der Waals surface area (Å²) in [5.74, 6) is -2.22. The lowest BCUT2D eigenvalue weighted by molar-refractivity contribution is 0.378. The van der Waals surface area contributed by atoms with Gasteiger partial charge in [0.25, 0.3) is 0 Å². The molecule has 2 N–H and O–H groups in total. The molecule has 7 heteroatoms. The molecule has 0 aliphatic heterocycles. The second kappa shape index (κ2) is 5.19. The van der Waals surface area contributed by atoms with Crippen molar-refractivity contribution in [3.05, 3.63) is 23.8 Å². The van der Waals surface area contributed by atoms with Gasteiger partial charge in [0.2, 0.25) is 10.0 Å². The molecule has 0 fully saturated rings. The lowest BCUT2D eigenvalue weighted by atomic mass is 10.3. The van der Waals surface area contributed by atoms with Gasteiger partial charge in [0.1, 0.15) is 16.4 Å². The van der Waals surface area contributed by atoms with Crippen molar-refractivity contribution < 1.29 is 17.2 Å². The Bertz CT molecular complexity index is 546. The molecule has 0 amide bonds. The fraction of sp³-hybridized carbons (Fsp3) is 0.455. The van der Waals surface area contributed by atoms with Crippen LogP contribution in [-0.2, 0) is 10.0 Å². The lowest BCUT2D eigenvalue weighted by Gasteiger charge is -2.23. The molecule has 18 heavy (non-hydrogen) atoms. The maximum Gasteiger partial charge on any atom is 0.246 e. The van der Waals surface area contributed by atoms with E-state index in [-0.39, 0.29) is 6.04 Å². The van der Waals surface area contributed by atoms with Gasteiger partial charge < -0.3 is 5.73 Å². The molecule has 1 aromatic rings. The summed E-state index contributed by atoms with van der Waals surface area (Å²) in [5.41, 5.74) is 4.37. The van der Waals surface area contributed by atoms with E-state index >= 15 is 0 Å². The second-order valence-corrected chi connectivity index (χ2v) is 6.02. The second-order valence-electron chi connectivity index (χ2n) is 4.05. The van der Waals surface area contributed by atoms with Crippen molar-refractivity contribution in [2.45, 2.75) is 31.2 Å². The summed E-state index contributed by atoms with van der Waals surface area (Å²) >= 11 is 0. The van der Waals surface area contributed by atoms with E-state index in [1.165, 1.54) is 7.05 Å². The number of anilines is 1. The van der Waals surface area contributed by atoms with Gasteiger partial charge in [-0.05, 0) is 25.5 Å². The summed E-state index contributed by atoms with van der Waals surface area (Å²) in [7, 11) is -2.66.